The molecule has 23 heavy (non-hydrogen) atoms. The van der Waals surface area contributed by atoms with Crippen LogP contribution in [0.15, 0.2) is 30.5 Å². The van der Waals surface area contributed by atoms with Gasteiger partial charge in [0.1, 0.15) is 5.82 Å². The van der Waals surface area contributed by atoms with Crippen molar-refractivity contribution in [1.29, 1.82) is 0 Å². The lowest BCUT2D eigenvalue weighted by atomic mass is 10.0. The number of aromatic nitrogens is 2. The Morgan fingerprint density at radius 2 is 1.87 bits per heavy atom. The lowest BCUT2D eigenvalue weighted by Gasteiger charge is -2.22. The third-order valence-corrected chi connectivity index (χ3v) is 3.84. The molecule has 2 aromatic heterocycles. The zero-order chi connectivity index (χ0) is 16.8. The van der Waals surface area contributed by atoms with Crippen LogP contribution < -0.4 is 9.64 Å². The molecule has 4 heteroatoms. The van der Waals surface area contributed by atoms with E-state index in [2.05, 4.69) is 49.7 Å². The summed E-state index contributed by atoms with van der Waals surface area (Å²) in [6.45, 7) is 10.7. The minimum absolute atomic E-state index is 0.615. The standard InChI is InChI=1S/C19H27N3O/c1-6-22(7-2)18-12-15(10-14(3)4)11-17(21-18)16-8-9-19(23-5)20-13-16/h8-9,11-14H,6-7,10H2,1-5H3. The van der Waals surface area contributed by atoms with Crippen LogP contribution in [0.5, 0.6) is 5.88 Å². The normalized spacial score (nSPS) is 10.9. The largest absolute Gasteiger partial charge is 0.481 e. The zero-order valence-corrected chi connectivity index (χ0v) is 14.8. The van der Waals surface area contributed by atoms with Crippen molar-refractivity contribution in [2.24, 2.45) is 5.92 Å². The third-order valence-electron chi connectivity index (χ3n) is 3.84. The molecule has 0 radical (unpaired) electrons. The van der Waals surface area contributed by atoms with E-state index in [4.69, 9.17) is 9.72 Å². The van der Waals surface area contributed by atoms with Crippen LogP contribution in [0.25, 0.3) is 11.3 Å². The molecule has 0 spiro atoms. The average molecular weight is 313 g/mol. The first kappa shape index (κ1) is 17.3. The molecule has 0 saturated carbocycles. The van der Waals surface area contributed by atoms with E-state index in [1.807, 2.05) is 18.3 Å². The maximum Gasteiger partial charge on any atom is 0.212 e. The summed E-state index contributed by atoms with van der Waals surface area (Å²) in [6, 6.07) is 8.28. The molecule has 2 aromatic rings. The monoisotopic (exact) mass is 313 g/mol. The summed E-state index contributed by atoms with van der Waals surface area (Å²) in [5.41, 5.74) is 3.31. The van der Waals surface area contributed by atoms with Crippen molar-refractivity contribution in [2.45, 2.75) is 34.1 Å². The summed E-state index contributed by atoms with van der Waals surface area (Å²) in [5, 5.41) is 0. The Morgan fingerprint density at radius 3 is 2.39 bits per heavy atom. The maximum absolute atomic E-state index is 5.14. The molecule has 0 aliphatic carbocycles. The van der Waals surface area contributed by atoms with E-state index in [9.17, 15) is 0 Å². The number of nitrogens with zero attached hydrogens (tertiary/aromatic N) is 3. The summed E-state index contributed by atoms with van der Waals surface area (Å²) in [5.74, 6) is 2.28. The van der Waals surface area contributed by atoms with E-state index in [1.165, 1.54) is 5.56 Å². The molecular formula is C19H27N3O. The number of hydrogen-bond acceptors (Lipinski definition) is 4. The van der Waals surface area contributed by atoms with E-state index in [1.54, 1.807) is 7.11 Å². The lowest BCUT2D eigenvalue weighted by Crippen LogP contribution is -2.23. The molecule has 0 aliphatic rings. The Balaban J connectivity index is 2.45. The van der Waals surface area contributed by atoms with Crippen molar-refractivity contribution in [2.75, 3.05) is 25.1 Å². The first-order valence-corrected chi connectivity index (χ1v) is 8.33. The molecule has 0 amide bonds. The fraction of sp³-hybridized carbons (Fsp3) is 0.474. The van der Waals surface area contributed by atoms with E-state index >= 15 is 0 Å². The van der Waals surface area contributed by atoms with Gasteiger partial charge in [-0.25, -0.2) is 9.97 Å². The zero-order valence-electron chi connectivity index (χ0n) is 14.8. The Bertz CT molecular complexity index is 619. The molecule has 0 unspecified atom stereocenters. The minimum atomic E-state index is 0.615. The lowest BCUT2D eigenvalue weighted by molar-refractivity contribution is 0.398. The van der Waals surface area contributed by atoms with Gasteiger partial charge in [0.05, 0.1) is 12.8 Å². The molecule has 4 nitrogen and oxygen atoms in total. The number of ether oxygens (including phenoxy) is 1. The molecule has 2 rings (SSSR count). The predicted molar refractivity (Wildman–Crippen MR) is 96.1 cm³/mol. The topological polar surface area (TPSA) is 38.2 Å². The second-order valence-electron chi connectivity index (χ2n) is 6.08. The molecule has 0 atom stereocenters. The van der Waals surface area contributed by atoms with Crippen LogP contribution in [0.2, 0.25) is 0 Å². The van der Waals surface area contributed by atoms with Crippen LogP contribution >= 0.6 is 0 Å². The molecule has 0 N–H and O–H groups in total. The molecule has 0 fully saturated rings. The van der Waals surface area contributed by atoms with Gasteiger partial charge in [0, 0.05) is 30.9 Å². The highest BCUT2D eigenvalue weighted by Crippen LogP contribution is 2.25. The van der Waals surface area contributed by atoms with Crippen LogP contribution in [-0.4, -0.2) is 30.2 Å². The van der Waals surface area contributed by atoms with Gasteiger partial charge in [-0.3, -0.25) is 0 Å². The molecule has 0 aliphatic heterocycles. The Labute approximate surface area is 139 Å². The number of pyridine rings is 2. The number of anilines is 1. The maximum atomic E-state index is 5.14. The van der Waals surface area contributed by atoms with Gasteiger partial charge in [-0.05, 0) is 49.9 Å². The second-order valence-corrected chi connectivity index (χ2v) is 6.08. The van der Waals surface area contributed by atoms with Gasteiger partial charge < -0.3 is 9.64 Å². The predicted octanol–water partition coefficient (Wildman–Crippen LogP) is 4.20. The Hall–Kier alpha value is -2.10. The van der Waals surface area contributed by atoms with Crippen molar-refractivity contribution in [1.82, 2.24) is 9.97 Å². The summed E-state index contributed by atoms with van der Waals surface area (Å²) in [4.78, 5) is 11.4. The first-order chi connectivity index (χ1) is 11.1. The summed E-state index contributed by atoms with van der Waals surface area (Å²) in [7, 11) is 1.63. The van der Waals surface area contributed by atoms with Crippen LogP contribution in [0, 0.1) is 5.92 Å². The summed E-state index contributed by atoms with van der Waals surface area (Å²) >= 11 is 0. The number of rotatable bonds is 7. The van der Waals surface area contributed by atoms with Crippen molar-refractivity contribution >= 4 is 5.82 Å². The SMILES string of the molecule is CCN(CC)c1cc(CC(C)C)cc(-c2ccc(OC)nc2)n1. The van der Waals surface area contributed by atoms with Crippen LogP contribution in [0.3, 0.4) is 0 Å². The van der Waals surface area contributed by atoms with Gasteiger partial charge in [0.25, 0.3) is 0 Å². The van der Waals surface area contributed by atoms with E-state index in [0.717, 1.165) is 36.6 Å². The van der Waals surface area contributed by atoms with Crippen molar-refractivity contribution in [3.63, 3.8) is 0 Å². The first-order valence-electron chi connectivity index (χ1n) is 8.33. The molecule has 0 bridgehead atoms. The highest BCUT2D eigenvalue weighted by molar-refractivity contribution is 5.62. The second kappa shape index (κ2) is 7.95. The van der Waals surface area contributed by atoms with Gasteiger partial charge in [-0.1, -0.05) is 13.8 Å². The fourth-order valence-corrected chi connectivity index (χ4v) is 2.67. The summed E-state index contributed by atoms with van der Waals surface area (Å²) in [6.07, 6.45) is 2.87. The highest BCUT2D eigenvalue weighted by atomic mass is 16.5. The van der Waals surface area contributed by atoms with Crippen LogP contribution in [0.1, 0.15) is 33.3 Å². The van der Waals surface area contributed by atoms with Crippen molar-refractivity contribution in [3.05, 3.63) is 36.0 Å². The minimum Gasteiger partial charge on any atom is -0.481 e. The van der Waals surface area contributed by atoms with Gasteiger partial charge in [-0.2, -0.15) is 0 Å². The van der Waals surface area contributed by atoms with Crippen LogP contribution in [0.4, 0.5) is 5.82 Å². The number of hydrogen-bond donors (Lipinski definition) is 0. The van der Waals surface area contributed by atoms with Gasteiger partial charge in [-0.15, -0.1) is 0 Å². The number of methoxy groups -OCH3 is 1. The van der Waals surface area contributed by atoms with Gasteiger partial charge in [0.2, 0.25) is 5.88 Å². The highest BCUT2D eigenvalue weighted by Gasteiger charge is 2.11. The Morgan fingerprint density at radius 1 is 1.13 bits per heavy atom. The molecule has 124 valence electrons. The Kier molecular flexibility index (Phi) is 5.97. The third kappa shape index (κ3) is 4.44. The van der Waals surface area contributed by atoms with Crippen molar-refractivity contribution in [3.8, 4) is 17.1 Å². The quantitative estimate of drug-likeness (QED) is 0.768. The molecule has 0 aromatic carbocycles. The van der Waals surface area contributed by atoms with E-state index < -0.39 is 0 Å². The van der Waals surface area contributed by atoms with Gasteiger partial charge >= 0.3 is 0 Å². The average Bonchev–Trinajstić information content (AvgIpc) is 2.55. The van der Waals surface area contributed by atoms with E-state index in [-0.39, 0.29) is 0 Å². The van der Waals surface area contributed by atoms with Gasteiger partial charge in [0.15, 0.2) is 0 Å². The molecule has 0 saturated heterocycles. The summed E-state index contributed by atoms with van der Waals surface area (Å²) < 4.78 is 5.14. The van der Waals surface area contributed by atoms with Crippen LogP contribution in [-0.2, 0) is 6.42 Å². The smallest absolute Gasteiger partial charge is 0.212 e. The molecule has 2 heterocycles. The fourth-order valence-electron chi connectivity index (χ4n) is 2.67. The molecular weight excluding hydrogens is 286 g/mol. The van der Waals surface area contributed by atoms with E-state index in [0.29, 0.717) is 11.8 Å². The van der Waals surface area contributed by atoms with Crippen molar-refractivity contribution < 1.29 is 4.74 Å².